The Hall–Kier alpha value is -4.64. The minimum absolute atomic E-state index is 0.0345. The molecule has 11 heteroatoms. The number of amides is 1. The highest BCUT2D eigenvalue weighted by Crippen LogP contribution is 2.24. The number of aryl methyl sites for hydroxylation is 2. The topological polar surface area (TPSA) is 136 Å². The normalized spacial score (nSPS) is 13.2. The predicted octanol–water partition coefficient (Wildman–Crippen LogP) is 3.80. The van der Waals surface area contributed by atoms with Crippen molar-refractivity contribution in [2.24, 2.45) is 0 Å². The molecule has 4 aromatic rings. The molecule has 1 aliphatic heterocycles. The number of unbranched alkanes of at least 4 members (excludes halogenated alkanes) is 1. The van der Waals surface area contributed by atoms with Gasteiger partial charge in [-0.05, 0) is 81.5 Å². The number of ketones is 1. The first-order valence-corrected chi connectivity index (χ1v) is 15.8. The summed E-state index contributed by atoms with van der Waals surface area (Å²) in [6.45, 7) is 6.74. The van der Waals surface area contributed by atoms with Gasteiger partial charge in [0.05, 0.1) is 10.9 Å². The molecule has 0 radical (unpaired) electrons. The number of para-hydroxylation sites is 1. The van der Waals surface area contributed by atoms with Crippen LogP contribution < -0.4 is 20.7 Å². The zero-order valence-electron chi connectivity index (χ0n) is 26.1. The fourth-order valence-corrected chi connectivity index (χ4v) is 5.70. The summed E-state index contributed by atoms with van der Waals surface area (Å²) in [5.74, 6) is 1.65. The molecule has 0 saturated heterocycles. The molecular weight excluding hydrogens is 568 g/mol. The number of hydrogen-bond acceptors (Lipinski definition) is 9. The molecule has 45 heavy (non-hydrogen) atoms. The van der Waals surface area contributed by atoms with Crippen molar-refractivity contribution in [1.29, 1.82) is 0 Å². The second-order valence-electron chi connectivity index (χ2n) is 11.6. The molecule has 5 rings (SSSR count). The molecule has 0 fully saturated rings. The van der Waals surface area contributed by atoms with Gasteiger partial charge in [-0.25, -0.2) is 4.98 Å². The van der Waals surface area contributed by atoms with E-state index in [1.165, 1.54) is 12.5 Å². The summed E-state index contributed by atoms with van der Waals surface area (Å²) in [6.07, 6.45) is 8.90. The number of pyridine rings is 2. The number of rotatable bonds is 15. The molecule has 1 amide bonds. The third kappa shape index (κ3) is 8.51. The van der Waals surface area contributed by atoms with E-state index in [4.69, 9.17) is 4.98 Å². The van der Waals surface area contributed by atoms with E-state index < -0.39 is 6.04 Å². The van der Waals surface area contributed by atoms with Crippen molar-refractivity contribution in [3.63, 3.8) is 0 Å². The molecule has 0 spiro atoms. The Morgan fingerprint density at radius 1 is 1.04 bits per heavy atom. The number of nitrogens with one attached hydrogen (secondary N) is 3. The summed E-state index contributed by atoms with van der Waals surface area (Å²) < 4.78 is 1.01. The molecule has 0 bridgehead atoms. The summed E-state index contributed by atoms with van der Waals surface area (Å²) >= 11 is 0. The van der Waals surface area contributed by atoms with Gasteiger partial charge < -0.3 is 20.7 Å². The maximum Gasteiger partial charge on any atom is 0.309 e. The van der Waals surface area contributed by atoms with Gasteiger partial charge in [0.2, 0.25) is 5.91 Å². The number of aromatic nitrogens is 4. The van der Waals surface area contributed by atoms with Crippen LogP contribution in [-0.2, 0) is 22.4 Å². The molecule has 1 atom stereocenters. The third-order valence-electron chi connectivity index (χ3n) is 8.16. The van der Waals surface area contributed by atoms with E-state index >= 15 is 0 Å². The smallest absolute Gasteiger partial charge is 0.309 e. The molecule has 1 aliphatic rings. The van der Waals surface area contributed by atoms with E-state index in [9.17, 15) is 14.8 Å². The molecule has 0 aliphatic carbocycles. The molecule has 1 aromatic carbocycles. The molecule has 236 valence electrons. The molecule has 11 nitrogen and oxygen atoms in total. The summed E-state index contributed by atoms with van der Waals surface area (Å²) in [5.41, 5.74) is 3.73. The van der Waals surface area contributed by atoms with Crippen molar-refractivity contribution < 1.29 is 19.5 Å². The van der Waals surface area contributed by atoms with Crippen LogP contribution in [0.15, 0.2) is 60.9 Å². The lowest BCUT2D eigenvalue weighted by molar-refractivity contribution is -0.885. The summed E-state index contributed by atoms with van der Waals surface area (Å²) in [7, 11) is 0. The molecule has 4 heterocycles. The van der Waals surface area contributed by atoms with Crippen LogP contribution in [0.4, 0.5) is 11.6 Å². The molecule has 4 N–H and O–H groups in total. The average Bonchev–Trinajstić information content (AvgIpc) is 3.05. The highest BCUT2D eigenvalue weighted by molar-refractivity contribution is 5.91. The lowest BCUT2D eigenvalue weighted by Crippen LogP contribution is -2.43. The first-order valence-electron chi connectivity index (χ1n) is 15.8. The second-order valence-corrected chi connectivity index (χ2v) is 11.6. The second kappa shape index (κ2) is 15.4. The number of Topliss-reactive ketones (excluding diaryl/α,β-unsaturated/α-hetero) is 1. The number of carbonyl (C=O) groups is 2. The molecule has 0 unspecified atom stereocenters. The minimum Gasteiger partial charge on any atom is -0.370 e. The predicted molar refractivity (Wildman–Crippen MR) is 174 cm³/mol. The van der Waals surface area contributed by atoms with Gasteiger partial charge in [0.15, 0.2) is 11.3 Å². The van der Waals surface area contributed by atoms with Crippen LogP contribution in [0.2, 0.25) is 0 Å². The zero-order valence-corrected chi connectivity index (χ0v) is 26.1. The van der Waals surface area contributed by atoms with Gasteiger partial charge in [-0.3, -0.25) is 19.9 Å². The fourth-order valence-electron chi connectivity index (χ4n) is 5.70. The lowest BCUT2D eigenvalue weighted by atomic mass is 10.1. The molecule has 0 saturated carbocycles. The number of hydrogen-bond donors (Lipinski definition) is 4. The van der Waals surface area contributed by atoms with Crippen LogP contribution in [0.5, 0.6) is 0 Å². The maximum atomic E-state index is 12.9. The first-order chi connectivity index (χ1) is 21.9. The van der Waals surface area contributed by atoms with Crippen molar-refractivity contribution in [2.75, 3.05) is 43.4 Å². The average molecular weight is 612 g/mol. The fraction of sp³-hybridized carbons (Fsp3) is 0.412. The van der Waals surface area contributed by atoms with Gasteiger partial charge in [0.25, 0.3) is 5.82 Å². The Morgan fingerprint density at radius 2 is 1.91 bits per heavy atom. The number of benzene rings is 1. The number of carbonyl (C=O) groups excluding carboxylic acids is 2. The summed E-state index contributed by atoms with van der Waals surface area (Å²) in [4.78, 5) is 40.4. The minimum atomic E-state index is -0.550. The summed E-state index contributed by atoms with van der Waals surface area (Å²) in [6, 6.07) is 14.9. The van der Waals surface area contributed by atoms with Crippen LogP contribution in [0, 0.1) is 0 Å². The van der Waals surface area contributed by atoms with E-state index in [1.807, 2.05) is 30.3 Å². The Labute approximate surface area is 264 Å². The van der Waals surface area contributed by atoms with Crippen LogP contribution in [-0.4, -0.2) is 75.5 Å². The van der Waals surface area contributed by atoms with Gasteiger partial charge in [0, 0.05) is 57.6 Å². The van der Waals surface area contributed by atoms with Gasteiger partial charge in [-0.1, -0.05) is 27.9 Å². The van der Waals surface area contributed by atoms with E-state index in [0.29, 0.717) is 54.2 Å². The lowest BCUT2D eigenvalue weighted by Gasteiger charge is -2.24. The zero-order chi connectivity index (χ0) is 31.6. The van der Waals surface area contributed by atoms with Gasteiger partial charge in [-0.15, -0.1) is 0 Å². The van der Waals surface area contributed by atoms with E-state index in [0.717, 1.165) is 61.4 Å². The van der Waals surface area contributed by atoms with Crippen molar-refractivity contribution in [3.8, 4) is 11.4 Å². The number of anilines is 2. The van der Waals surface area contributed by atoms with Crippen LogP contribution in [0.1, 0.15) is 50.8 Å². The highest BCUT2D eigenvalue weighted by Gasteiger charge is 2.27. The Kier molecular flexibility index (Phi) is 10.9. The van der Waals surface area contributed by atoms with Crippen molar-refractivity contribution in [1.82, 2.24) is 25.2 Å². The van der Waals surface area contributed by atoms with Crippen LogP contribution in [0.3, 0.4) is 0 Å². The largest absolute Gasteiger partial charge is 0.370 e. The molecule has 3 aromatic heterocycles. The number of nitrogens with zero attached hydrogens (tertiary/aromatic N) is 5. The Morgan fingerprint density at radius 3 is 2.71 bits per heavy atom. The first kappa shape index (κ1) is 31.8. The van der Waals surface area contributed by atoms with Crippen molar-refractivity contribution >= 4 is 34.2 Å². The summed E-state index contributed by atoms with van der Waals surface area (Å²) in [5, 5.41) is 21.7. The van der Waals surface area contributed by atoms with Gasteiger partial charge in [-0.2, -0.15) is 0 Å². The maximum absolute atomic E-state index is 12.9. The Bertz CT molecular complexity index is 1610. The number of fused-ring (bicyclic) bond motifs is 2. The standard InChI is InChI=1S/C34H42N8O3/c1-24(43)30(39-34-29-12-3-4-13-31(29)40-33(42(34)45)27-10-7-17-35-23-27)16-21-41(22-19-36-25(2)44)20-6-5-11-28-15-14-26-9-8-18-37-32(26)38-28/h3-4,7,10,12-15,17,23,30,45H,5-6,8-9,11,16,18-22H2,1-2H3,(H2,36,37,38,44)/p+1/t30-/m0/s1. The van der Waals surface area contributed by atoms with Crippen LogP contribution in [0.25, 0.3) is 22.3 Å². The van der Waals surface area contributed by atoms with Gasteiger partial charge in [0.1, 0.15) is 11.9 Å². The van der Waals surface area contributed by atoms with E-state index in [2.05, 4.69) is 43.0 Å². The van der Waals surface area contributed by atoms with E-state index in [-0.39, 0.29) is 11.7 Å². The molecular formula is C34H43N8O3+. The highest BCUT2D eigenvalue weighted by atomic mass is 16.5. The van der Waals surface area contributed by atoms with Crippen molar-refractivity contribution in [3.05, 3.63) is 72.2 Å². The van der Waals surface area contributed by atoms with Crippen LogP contribution >= 0.6 is 0 Å². The third-order valence-corrected chi connectivity index (χ3v) is 8.16. The van der Waals surface area contributed by atoms with Crippen molar-refractivity contribution in [2.45, 2.75) is 58.4 Å². The van der Waals surface area contributed by atoms with Gasteiger partial charge >= 0.3 is 5.82 Å². The SMILES string of the molecule is CC(=O)NCCN(CCCCc1ccc2c(n1)NCCC2)CC[C@H](Nc1c2ccccc2nc(-c2cccnc2)[n+]1O)C(C)=O. The quantitative estimate of drug-likeness (QED) is 0.0899. The van der Waals surface area contributed by atoms with E-state index in [1.54, 1.807) is 25.4 Å². The Balaban J connectivity index is 1.26. The monoisotopic (exact) mass is 611 g/mol.